The largest absolute Gasteiger partial charge is 0.459 e. The van der Waals surface area contributed by atoms with Crippen molar-refractivity contribution in [1.29, 1.82) is 0 Å². The molecule has 242 valence electrons. The van der Waals surface area contributed by atoms with Gasteiger partial charge in [-0.3, -0.25) is 9.69 Å². The Labute approximate surface area is 268 Å². The first-order chi connectivity index (χ1) is 21.3. The molecule has 0 saturated carbocycles. The quantitative estimate of drug-likeness (QED) is 0.0782. The Kier molecular flexibility index (Phi) is 12.9. The van der Waals surface area contributed by atoms with Crippen LogP contribution in [0.4, 0.5) is 0 Å². The highest BCUT2D eigenvalue weighted by Crippen LogP contribution is 2.37. The van der Waals surface area contributed by atoms with Gasteiger partial charge in [0.05, 0.1) is 25.4 Å². The van der Waals surface area contributed by atoms with Gasteiger partial charge in [-0.1, -0.05) is 117 Å². The van der Waals surface area contributed by atoms with Gasteiger partial charge in [0, 0.05) is 18.1 Å². The zero-order chi connectivity index (χ0) is 33.1. The second-order valence-corrected chi connectivity index (χ2v) is 17.6. The molecule has 0 heterocycles. The van der Waals surface area contributed by atoms with Gasteiger partial charge in [-0.2, -0.15) is 0 Å². The van der Waals surface area contributed by atoms with Gasteiger partial charge in [0.2, 0.25) is 0 Å². The summed E-state index contributed by atoms with van der Waals surface area (Å²) in [6.07, 6.45) is -1.14. The molecule has 0 aliphatic heterocycles. The first kappa shape index (κ1) is 36.0. The molecule has 0 radical (unpaired) electrons. The van der Waals surface area contributed by atoms with E-state index in [1.807, 2.05) is 87.5 Å². The zero-order valence-corrected chi connectivity index (χ0v) is 28.6. The van der Waals surface area contributed by atoms with Crippen molar-refractivity contribution in [3.8, 4) is 0 Å². The van der Waals surface area contributed by atoms with E-state index in [1.54, 1.807) is 11.9 Å². The fourth-order valence-corrected chi connectivity index (χ4v) is 9.99. The van der Waals surface area contributed by atoms with Gasteiger partial charge in [0.15, 0.2) is 0 Å². The number of aliphatic hydroxyl groups is 1. The van der Waals surface area contributed by atoms with Crippen LogP contribution in [0.2, 0.25) is 5.04 Å². The molecule has 45 heavy (non-hydrogen) atoms. The van der Waals surface area contributed by atoms with Crippen molar-refractivity contribution in [1.82, 2.24) is 4.90 Å². The fraction of sp³-hybridized carbons (Fsp3) is 0.457. The minimum absolute atomic E-state index is 0.00599. The van der Waals surface area contributed by atoms with E-state index >= 15 is 0 Å². The van der Waals surface area contributed by atoms with Crippen molar-refractivity contribution < 1.29 is 23.8 Å². The highest BCUT2D eigenvalue weighted by atomic mass is 28.4. The van der Waals surface area contributed by atoms with Crippen LogP contribution in [-0.4, -0.2) is 74.9 Å². The maximum atomic E-state index is 13.3. The second kappa shape index (κ2) is 16.2. The molecule has 0 spiro atoms. The van der Waals surface area contributed by atoms with Crippen molar-refractivity contribution in [3.63, 3.8) is 0 Å². The van der Waals surface area contributed by atoms with Gasteiger partial charge in [-0.05, 0) is 54.3 Å². The molecular formula is C35H48N4O5Si. The summed E-state index contributed by atoms with van der Waals surface area (Å²) < 4.78 is 18.6. The third-order valence-corrected chi connectivity index (χ3v) is 12.6. The Bertz CT molecular complexity index is 1330. The molecule has 3 atom stereocenters. The number of esters is 1. The number of ether oxygens (including phenoxy) is 2. The van der Waals surface area contributed by atoms with E-state index in [0.717, 1.165) is 15.9 Å². The lowest BCUT2D eigenvalue weighted by Crippen LogP contribution is -2.67. The summed E-state index contributed by atoms with van der Waals surface area (Å²) in [6.45, 7) is 12.3. The summed E-state index contributed by atoms with van der Waals surface area (Å²) in [4.78, 5) is 18.0. The first-order valence-electron chi connectivity index (χ1n) is 15.3. The Morgan fingerprint density at radius 3 is 1.87 bits per heavy atom. The minimum atomic E-state index is -2.95. The van der Waals surface area contributed by atoms with Gasteiger partial charge in [-0.25, -0.2) is 0 Å². The number of carbonyl (C=O) groups excluding carboxylic acids is 1. The summed E-state index contributed by atoms with van der Waals surface area (Å²) in [5.74, 6) is -0.464. The van der Waals surface area contributed by atoms with Crippen LogP contribution >= 0.6 is 0 Å². The van der Waals surface area contributed by atoms with Crippen LogP contribution in [-0.2, 0) is 25.3 Å². The Morgan fingerprint density at radius 1 is 0.889 bits per heavy atom. The second-order valence-electron chi connectivity index (χ2n) is 13.3. The lowest BCUT2D eigenvalue weighted by molar-refractivity contribution is -0.164. The first-order valence-corrected chi connectivity index (χ1v) is 17.2. The average molecular weight is 633 g/mol. The smallest absolute Gasteiger partial charge is 0.326 e. The van der Waals surface area contributed by atoms with Crippen LogP contribution < -0.4 is 10.4 Å². The van der Waals surface area contributed by atoms with Gasteiger partial charge in [0.25, 0.3) is 8.32 Å². The summed E-state index contributed by atoms with van der Waals surface area (Å²) in [7, 11) is -1.22. The van der Waals surface area contributed by atoms with E-state index in [9.17, 15) is 15.4 Å². The van der Waals surface area contributed by atoms with Crippen molar-refractivity contribution in [2.75, 3.05) is 26.8 Å². The Morgan fingerprint density at radius 2 is 1.40 bits per heavy atom. The average Bonchev–Trinajstić information content (AvgIpc) is 2.99. The van der Waals surface area contributed by atoms with Crippen LogP contribution in [0.25, 0.3) is 10.4 Å². The molecule has 0 amide bonds. The minimum Gasteiger partial charge on any atom is -0.459 e. The monoisotopic (exact) mass is 632 g/mol. The molecule has 0 saturated heterocycles. The van der Waals surface area contributed by atoms with Crippen LogP contribution in [0.3, 0.4) is 0 Å². The molecule has 3 aromatic rings. The van der Waals surface area contributed by atoms with Gasteiger partial charge < -0.3 is 19.0 Å². The standard InChI is InChI=1S/C35H48N4O5Si/c1-34(2,3)44-33(41)31(26-42-24-27-17-11-8-12-18-27)39(7)23-32(40)30(37-38-36)25-43-45(35(4,5)6,28-19-13-9-14-20-28)29-21-15-10-16-22-29/h8-22,30-32,40H,23-26H2,1-7H3/t30-,31+,32+/m1/s1. The van der Waals surface area contributed by atoms with E-state index in [-0.39, 0.29) is 24.8 Å². The predicted molar refractivity (Wildman–Crippen MR) is 181 cm³/mol. The van der Waals surface area contributed by atoms with Gasteiger partial charge in [-0.15, -0.1) is 0 Å². The third kappa shape index (κ3) is 9.99. The molecule has 3 rings (SSSR count). The number of rotatable bonds is 15. The van der Waals surface area contributed by atoms with Crippen molar-refractivity contribution in [3.05, 3.63) is 107 Å². The SMILES string of the molecule is CN(C[C@H](O)[C@@H](CO[Si](c1ccccc1)(c1ccccc1)C(C)(C)C)N=[N+]=[N-])[C@@H](COCc1ccccc1)C(=O)OC(C)(C)C. The van der Waals surface area contributed by atoms with Gasteiger partial charge in [0.1, 0.15) is 11.6 Å². The lowest BCUT2D eigenvalue weighted by Gasteiger charge is -2.43. The molecule has 0 bridgehead atoms. The van der Waals surface area contributed by atoms with Crippen LogP contribution in [0.5, 0.6) is 0 Å². The number of carbonyl (C=O) groups is 1. The van der Waals surface area contributed by atoms with E-state index in [2.05, 4.69) is 55.1 Å². The molecular weight excluding hydrogens is 584 g/mol. The Balaban J connectivity index is 1.84. The van der Waals surface area contributed by atoms with E-state index < -0.39 is 38.1 Å². The number of nitrogens with zero attached hydrogens (tertiary/aromatic N) is 4. The molecule has 0 aliphatic rings. The maximum Gasteiger partial charge on any atom is 0.326 e. The van der Waals surface area contributed by atoms with Crippen molar-refractivity contribution >= 4 is 24.7 Å². The topological polar surface area (TPSA) is 117 Å². The van der Waals surface area contributed by atoms with Crippen LogP contribution in [0, 0.1) is 0 Å². The highest BCUT2D eigenvalue weighted by Gasteiger charge is 2.50. The molecule has 0 fully saturated rings. The number of hydrogen-bond acceptors (Lipinski definition) is 7. The van der Waals surface area contributed by atoms with Gasteiger partial charge >= 0.3 is 5.97 Å². The lowest BCUT2D eigenvalue weighted by atomic mass is 10.1. The van der Waals surface area contributed by atoms with Crippen molar-refractivity contribution in [2.24, 2.45) is 5.11 Å². The Hall–Kier alpha value is -3.50. The summed E-state index contributed by atoms with van der Waals surface area (Å²) >= 11 is 0. The fourth-order valence-electron chi connectivity index (χ4n) is 5.41. The van der Waals surface area contributed by atoms with E-state index in [0.29, 0.717) is 6.61 Å². The maximum absolute atomic E-state index is 13.3. The van der Waals surface area contributed by atoms with E-state index in [4.69, 9.17) is 13.9 Å². The molecule has 3 aromatic carbocycles. The normalized spacial score (nSPS) is 14.3. The molecule has 0 aromatic heterocycles. The predicted octanol–water partition coefficient (Wildman–Crippen LogP) is 5.46. The molecule has 0 unspecified atom stereocenters. The van der Waals surface area contributed by atoms with Crippen LogP contribution in [0.1, 0.15) is 47.1 Å². The summed E-state index contributed by atoms with van der Waals surface area (Å²) in [5.41, 5.74) is 9.76. The molecule has 1 N–H and O–H groups in total. The molecule has 9 nitrogen and oxygen atoms in total. The highest BCUT2D eigenvalue weighted by molar-refractivity contribution is 6.99. The van der Waals surface area contributed by atoms with Crippen LogP contribution in [0.15, 0.2) is 96.1 Å². The summed E-state index contributed by atoms with van der Waals surface area (Å²) in [6, 6.07) is 28.3. The third-order valence-electron chi connectivity index (χ3n) is 7.60. The molecule has 0 aliphatic carbocycles. The summed E-state index contributed by atoms with van der Waals surface area (Å²) in [5, 5.41) is 17.3. The number of aliphatic hydroxyl groups excluding tert-OH is 1. The molecule has 10 heteroatoms. The number of hydrogen-bond donors (Lipinski definition) is 1. The number of likely N-dealkylation sites (N-methyl/N-ethyl adjacent to an activating group) is 1. The number of benzene rings is 3. The number of azide groups is 1. The zero-order valence-electron chi connectivity index (χ0n) is 27.6. The van der Waals surface area contributed by atoms with Crippen molar-refractivity contribution in [2.45, 2.75) is 77.0 Å². The van der Waals surface area contributed by atoms with E-state index in [1.165, 1.54) is 0 Å².